The molecule has 0 bridgehead atoms. The van der Waals surface area contributed by atoms with E-state index in [0.29, 0.717) is 39.0 Å². The zero-order chi connectivity index (χ0) is 27.0. The molecule has 0 aliphatic carbocycles. The molecule has 0 saturated carbocycles. The number of ether oxygens (including phenoxy) is 2. The summed E-state index contributed by atoms with van der Waals surface area (Å²) in [5.74, 6) is 0.234. The van der Waals surface area contributed by atoms with E-state index in [9.17, 15) is 19.2 Å². The lowest BCUT2D eigenvalue weighted by molar-refractivity contribution is -0.174. The van der Waals surface area contributed by atoms with Gasteiger partial charge in [-0.2, -0.15) is 0 Å². The Kier molecular flexibility index (Phi) is 11.5. The minimum absolute atomic E-state index is 0.0358. The van der Waals surface area contributed by atoms with E-state index in [4.69, 9.17) is 14.3 Å². The molecule has 0 aromatic rings. The van der Waals surface area contributed by atoms with Gasteiger partial charge in [0.2, 0.25) is 5.91 Å². The largest absolute Gasteiger partial charge is 0.444 e. The van der Waals surface area contributed by atoms with E-state index in [0.717, 1.165) is 12.8 Å². The van der Waals surface area contributed by atoms with Crippen LogP contribution in [0.25, 0.3) is 0 Å². The second-order valence-corrected chi connectivity index (χ2v) is 11.1. The van der Waals surface area contributed by atoms with Gasteiger partial charge in [0.05, 0.1) is 7.11 Å². The number of rotatable bonds is 3. The van der Waals surface area contributed by atoms with Crippen molar-refractivity contribution in [3.05, 3.63) is 0 Å². The van der Waals surface area contributed by atoms with Crippen LogP contribution in [0.1, 0.15) is 74.1 Å². The summed E-state index contributed by atoms with van der Waals surface area (Å²) in [7, 11) is 3.07. The topological polar surface area (TPSA) is 106 Å². The van der Waals surface area contributed by atoms with Crippen molar-refractivity contribution in [3.63, 3.8) is 0 Å². The normalized spacial score (nSPS) is 17.7. The SMILES string of the molecule is CC(=O)C1CCN(C(=O)OC(C)(C)C)CC1.CON(C)C(=O)C1CCN(C(=O)OC(C)(C)C)CC1. The van der Waals surface area contributed by atoms with Crippen LogP contribution in [-0.4, -0.2) is 90.3 Å². The molecular formula is C25H45N3O7. The van der Waals surface area contributed by atoms with Crippen molar-refractivity contribution in [2.24, 2.45) is 11.8 Å². The Morgan fingerprint density at radius 2 is 1.06 bits per heavy atom. The number of hydrogen-bond acceptors (Lipinski definition) is 7. The summed E-state index contributed by atoms with van der Waals surface area (Å²) in [6.45, 7) is 15.0. The lowest BCUT2D eigenvalue weighted by atomic mass is 9.94. The van der Waals surface area contributed by atoms with E-state index < -0.39 is 11.2 Å². The Bertz CT molecular complexity index is 726. The molecule has 0 aromatic heterocycles. The van der Waals surface area contributed by atoms with Gasteiger partial charge < -0.3 is 19.3 Å². The van der Waals surface area contributed by atoms with Crippen LogP contribution in [0.5, 0.6) is 0 Å². The van der Waals surface area contributed by atoms with E-state index >= 15 is 0 Å². The number of piperidine rings is 2. The number of likely N-dealkylation sites (tertiary alicyclic amines) is 2. The van der Waals surface area contributed by atoms with Gasteiger partial charge in [-0.25, -0.2) is 14.7 Å². The van der Waals surface area contributed by atoms with Gasteiger partial charge >= 0.3 is 12.2 Å². The van der Waals surface area contributed by atoms with Gasteiger partial charge in [0, 0.05) is 45.1 Å². The van der Waals surface area contributed by atoms with Crippen molar-refractivity contribution in [1.29, 1.82) is 0 Å². The Morgan fingerprint density at radius 3 is 1.34 bits per heavy atom. The number of carbonyl (C=O) groups excluding carboxylic acids is 4. The summed E-state index contributed by atoms with van der Waals surface area (Å²) >= 11 is 0. The second-order valence-electron chi connectivity index (χ2n) is 11.1. The minimum Gasteiger partial charge on any atom is -0.444 e. The molecule has 10 heteroatoms. The van der Waals surface area contributed by atoms with Crippen LogP contribution in [0.4, 0.5) is 9.59 Å². The van der Waals surface area contributed by atoms with Crippen LogP contribution in [0, 0.1) is 11.8 Å². The van der Waals surface area contributed by atoms with Crippen LogP contribution >= 0.6 is 0 Å². The first-order chi connectivity index (χ1) is 16.0. The first-order valence-electron chi connectivity index (χ1n) is 12.3. The highest BCUT2D eigenvalue weighted by molar-refractivity contribution is 5.79. The van der Waals surface area contributed by atoms with Crippen LogP contribution < -0.4 is 0 Å². The number of hydroxylamine groups is 2. The van der Waals surface area contributed by atoms with E-state index in [1.807, 2.05) is 41.5 Å². The van der Waals surface area contributed by atoms with E-state index in [-0.39, 0.29) is 35.7 Å². The maximum Gasteiger partial charge on any atom is 0.410 e. The second kappa shape index (κ2) is 13.1. The number of amides is 3. The molecule has 0 unspecified atom stereocenters. The summed E-state index contributed by atoms with van der Waals surface area (Å²) in [6, 6.07) is 0. The molecule has 3 amide bonds. The van der Waals surface area contributed by atoms with Gasteiger partial charge in [0.25, 0.3) is 0 Å². The van der Waals surface area contributed by atoms with Crippen molar-refractivity contribution >= 4 is 23.9 Å². The summed E-state index contributed by atoms with van der Waals surface area (Å²) in [6.07, 6.45) is 2.23. The predicted molar refractivity (Wildman–Crippen MR) is 132 cm³/mol. The summed E-state index contributed by atoms with van der Waals surface area (Å²) in [5, 5.41) is 1.24. The summed E-state index contributed by atoms with van der Waals surface area (Å²) in [5.41, 5.74) is -0.936. The predicted octanol–water partition coefficient (Wildman–Crippen LogP) is 3.88. The fraction of sp³-hybridized carbons (Fsp3) is 0.840. The van der Waals surface area contributed by atoms with Crippen LogP contribution in [0.3, 0.4) is 0 Å². The van der Waals surface area contributed by atoms with Gasteiger partial charge in [-0.15, -0.1) is 0 Å². The number of hydrogen-bond donors (Lipinski definition) is 0. The summed E-state index contributed by atoms with van der Waals surface area (Å²) in [4.78, 5) is 54.9. The van der Waals surface area contributed by atoms with Crippen molar-refractivity contribution in [2.45, 2.75) is 85.4 Å². The molecule has 0 spiro atoms. The van der Waals surface area contributed by atoms with Gasteiger partial charge in [-0.05, 0) is 74.1 Å². The maximum atomic E-state index is 11.9. The number of nitrogens with zero attached hydrogens (tertiary/aromatic N) is 3. The first-order valence-corrected chi connectivity index (χ1v) is 12.3. The molecule has 2 aliphatic rings. The highest BCUT2D eigenvalue weighted by Gasteiger charge is 2.31. The maximum absolute atomic E-state index is 11.9. The number of Topliss-reactive ketones (excluding diaryl/α,β-unsaturated/α-hetero) is 1. The Morgan fingerprint density at radius 1 is 0.714 bits per heavy atom. The van der Waals surface area contributed by atoms with Crippen LogP contribution in [-0.2, 0) is 23.9 Å². The Balaban J connectivity index is 0.000000355. The number of carbonyl (C=O) groups is 4. The number of ketones is 1. The summed E-state index contributed by atoms with van der Waals surface area (Å²) < 4.78 is 10.6. The molecular weight excluding hydrogens is 454 g/mol. The van der Waals surface area contributed by atoms with Gasteiger partial charge in [0.1, 0.15) is 17.0 Å². The minimum atomic E-state index is -0.486. The molecule has 2 heterocycles. The van der Waals surface area contributed by atoms with Gasteiger partial charge in [0.15, 0.2) is 0 Å². The third-order valence-corrected chi connectivity index (χ3v) is 5.80. The van der Waals surface area contributed by atoms with Crippen LogP contribution in [0.15, 0.2) is 0 Å². The fourth-order valence-corrected chi connectivity index (χ4v) is 3.78. The lowest BCUT2D eigenvalue weighted by Gasteiger charge is -2.33. The highest BCUT2D eigenvalue weighted by atomic mass is 16.7. The zero-order valence-electron chi connectivity index (χ0n) is 23.0. The molecule has 0 radical (unpaired) electrons. The van der Waals surface area contributed by atoms with E-state index in [1.54, 1.807) is 23.8 Å². The van der Waals surface area contributed by atoms with Crippen molar-refractivity contribution < 1.29 is 33.5 Å². The van der Waals surface area contributed by atoms with Crippen LogP contribution in [0.2, 0.25) is 0 Å². The molecule has 202 valence electrons. The van der Waals surface area contributed by atoms with Gasteiger partial charge in [-0.3, -0.25) is 14.4 Å². The third kappa shape index (κ3) is 11.3. The van der Waals surface area contributed by atoms with Gasteiger partial charge in [-0.1, -0.05) is 0 Å². The molecule has 2 fully saturated rings. The lowest BCUT2D eigenvalue weighted by Crippen LogP contribution is -2.45. The average Bonchev–Trinajstić information content (AvgIpc) is 2.76. The van der Waals surface area contributed by atoms with Crippen molar-refractivity contribution in [2.75, 3.05) is 40.3 Å². The van der Waals surface area contributed by atoms with E-state index in [1.165, 1.54) is 12.2 Å². The molecule has 35 heavy (non-hydrogen) atoms. The molecule has 0 N–H and O–H groups in total. The zero-order valence-corrected chi connectivity index (χ0v) is 23.0. The average molecular weight is 500 g/mol. The molecule has 2 saturated heterocycles. The van der Waals surface area contributed by atoms with E-state index in [2.05, 4.69) is 0 Å². The smallest absolute Gasteiger partial charge is 0.410 e. The molecule has 2 aliphatic heterocycles. The van der Waals surface area contributed by atoms with Crippen molar-refractivity contribution in [3.8, 4) is 0 Å². The third-order valence-electron chi connectivity index (χ3n) is 5.80. The molecule has 0 atom stereocenters. The molecule has 2 rings (SSSR count). The Hall–Kier alpha value is -2.36. The standard InChI is InChI=1S/C13H24N2O4.C12H21NO3/c1-13(2,3)19-12(17)15-8-6-10(7-9-15)11(16)14(4)18-5;1-9(14)10-5-7-13(8-6-10)11(15)16-12(2,3)4/h10H,6-9H2,1-5H3;10H,5-8H2,1-4H3. The van der Waals surface area contributed by atoms with Crippen molar-refractivity contribution in [1.82, 2.24) is 14.9 Å². The quantitative estimate of drug-likeness (QED) is 0.543. The molecule has 0 aromatic carbocycles. The first kappa shape index (κ1) is 30.7. The molecule has 10 nitrogen and oxygen atoms in total. The Labute approximate surface area is 210 Å². The fourth-order valence-electron chi connectivity index (χ4n) is 3.78. The monoisotopic (exact) mass is 499 g/mol. The highest BCUT2D eigenvalue weighted by Crippen LogP contribution is 2.22.